The van der Waals surface area contributed by atoms with Crippen LogP contribution < -0.4 is 10.2 Å². The van der Waals surface area contributed by atoms with Gasteiger partial charge < -0.3 is 10.2 Å². The van der Waals surface area contributed by atoms with E-state index in [-0.39, 0.29) is 0 Å². The second-order valence-corrected chi connectivity index (χ2v) is 6.07. The SMILES string of the molecule is CC1CCC(Nc2cc(N3CCCCC3)ncn2)C1. The van der Waals surface area contributed by atoms with Gasteiger partial charge in [0.15, 0.2) is 0 Å². The number of hydrogen-bond donors (Lipinski definition) is 1. The molecular weight excluding hydrogens is 236 g/mol. The van der Waals surface area contributed by atoms with E-state index in [1.54, 1.807) is 6.33 Å². The van der Waals surface area contributed by atoms with Gasteiger partial charge in [-0.15, -0.1) is 0 Å². The highest BCUT2D eigenvalue weighted by Gasteiger charge is 2.21. The summed E-state index contributed by atoms with van der Waals surface area (Å²) in [6.45, 7) is 4.61. The summed E-state index contributed by atoms with van der Waals surface area (Å²) in [5.41, 5.74) is 0. The van der Waals surface area contributed by atoms with Crippen LogP contribution in [0.2, 0.25) is 0 Å². The minimum Gasteiger partial charge on any atom is -0.367 e. The van der Waals surface area contributed by atoms with E-state index < -0.39 is 0 Å². The number of rotatable bonds is 3. The summed E-state index contributed by atoms with van der Waals surface area (Å²) in [6.07, 6.45) is 9.49. The van der Waals surface area contributed by atoms with E-state index in [1.807, 2.05) is 0 Å². The van der Waals surface area contributed by atoms with E-state index in [9.17, 15) is 0 Å². The Morgan fingerprint density at radius 3 is 2.74 bits per heavy atom. The third-order valence-electron chi connectivity index (χ3n) is 4.38. The summed E-state index contributed by atoms with van der Waals surface area (Å²) >= 11 is 0. The Labute approximate surface area is 115 Å². The van der Waals surface area contributed by atoms with E-state index >= 15 is 0 Å². The van der Waals surface area contributed by atoms with Crippen molar-refractivity contribution >= 4 is 11.6 Å². The lowest BCUT2D eigenvalue weighted by molar-refractivity contribution is 0.573. The van der Waals surface area contributed by atoms with Crippen LogP contribution in [0.15, 0.2) is 12.4 Å². The number of nitrogens with zero attached hydrogens (tertiary/aromatic N) is 3. The number of nitrogens with one attached hydrogen (secondary N) is 1. The summed E-state index contributed by atoms with van der Waals surface area (Å²) in [6, 6.07) is 2.72. The Kier molecular flexibility index (Phi) is 3.85. The van der Waals surface area contributed by atoms with Gasteiger partial charge in [-0.2, -0.15) is 0 Å². The van der Waals surface area contributed by atoms with Gasteiger partial charge in [0.25, 0.3) is 0 Å². The van der Waals surface area contributed by atoms with E-state index in [1.165, 1.54) is 38.5 Å². The lowest BCUT2D eigenvalue weighted by Crippen LogP contribution is -2.30. The molecule has 0 spiro atoms. The summed E-state index contributed by atoms with van der Waals surface area (Å²) in [7, 11) is 0. The average molecular weight is 260 g/mol. The minimum absolute atomic E-state index is 0.596. The molecule has 0 aromatic carbocycles. The number of anilines is 2. The molecular formula is C15H24N4. The zero-order valence-corrected chi connectivity index (χ0v) is 11.8. The van der Waals surface area contributed by atoms with Crippen LogP contribution in [0, 0.1) is 5.92 Å². The quantitative estimate of drug-likeness (QED) is 0.907. The average Bonchev–Trinajstić information content (AvgIpc) is 2.85. The lowest BCUT2D eigenvalue weighted by Gasteiger charge is -2.27. The Bertz CT molecular complexity index is 414. The van der Waals surface area contributed by atoms with E-state index in [0.717, 1.165) is 30.6 Å². The highest BCUT2D eigenvalue weighted by molar-refractivity contribution is 5.49. The standard InChI is InChI=1S/C15H24N4/c1-12-5-6-13(9-12)18-14-10-15(17-11-16-14)19-7-3-2-4-8-19/h10-13H,2-9H2,1H3,(H,16,17,18). The molecule has 0 bridgehead atoms. The monoisotopic (exact) mass is 260 g/mol. The van der Waals surface area contributed by atoms with Crippen molar-refractivity contribution in [2.24, 2.45) is 5.92 Å². The smallest absolute Gasteiger partial charge is 0.134 e. The van der Waals surface area contributed by atoms with Crippen LogP contribution in [0.1, 0.15) is 45.4 Å². The van der Waals surface area contributed by atoms with Crippen LogP contribution in [0.25, 0.3) is 0 Å². The van der Waals surface area contributed by atoms with Crippen LogP contribution in [0.4, 0.5) is 11.6 Å². The van der Waals surface area contributed by atoms with Gasteiger partial charge in [0.1, 0.15) is 18.0 Å². The molecule has 2 unspecified atom stereocenters. The predicted octanol–water partition coefficient (Wildman–Crippen LogP) is 3.07. The number of aromatic nitrogens is 2. The van der Waals surface area contributed by atoms with Gasteiger partial charge in [-0.1, -0.05) is 6.92 Å². The molecule has 2 aliphatic rings. The molecule has 1 saturated carbocycles. The van der Waals surface area contributed by atoms with Crippen LogP contribution >= 0.6 is 0 Å². The van der Waals surface area contributed by atoms with E-state index in [0.29, 0.717) is 6.04 Å². The zero-order chi connectivity index (χ0) is 13.1. The van der Waals surface area contributed by atoms with Crippen molar-refractivity contribution in [3.63, 3.8) is 0 Å². The highest BCUT2D eigenvalue weighted by Crippen LogP contribution is 2.27. The molecule has 3 rings (SSSR count). The molecule has 2 fully saturated rings. The van der Waals surface area contributed by atoms with Gasteiger partial charge in [-0.25, -0.2) is 9.97 Å². The number of hydrogen-bond acceptors (Lipinski definition) is 4. The molecule has 1 saturated heterocycles. The summed E-state index contributed by atoms with van der Waals surface area (Å²) in [4.78, 5) is 11.2. The van der Waals surface area contributed by atoms with Crippen molar-refractivity contribution in [3.05, 3.63) is 12.4 Å². The van der Waals surface area contributed by atoms with Crippen molar-refractivity contribution in [2.45, 2.75) is 51.5 Å². The molecule has 1 aliphatic carbocycles. The molecule has 0 amide bonds. The summed E-state index contributed by atoms with van der Waals surface area (Å²) in [5.74, 6) is 2.93. The molecule has 1 aromatic rings. The Morgan fingerprint density at radius 2 is 2.00 bits per heavy atom. The lowest BCUT2D eigenvalue weighted by atomic mass is 10.1. The maximum Gasteiger partial charge on any atom is 0.134 e. The highest BCUT2D eigenvalue weighted by atomic mass is 15.2. The van der Waals surface area contributed by atoms with Crippen LogP contribution in [0.3, 0.4) is 0 Å². The third-order valence-corrected chi connectivity index (χ3v) is 4.38. The molecule has 2 atom stereocenters. The number of piperidine rings is 1. The van der Waals surface area contributed by atoms with Crippen molar-refractivity contribution in [2.75, 3.05) is 23.3 Å². The maximum absolute atomic E-state index is 4.43. The molecule has 4 nitrogen and oxygen atoms in total. The third kappa shape index (κ3) is 3.17. The normalized spacial score (nSPS) is 27.5. The topological polar surface area (TPSA) is 41.0 Å². The van der Waals surface area contributed by atoms with Crippen molar-refractivity contribution < 1.29 is 0 Å². The fourth-order valence-electron chi connectivity index (χ4n) is 3.27. The first kappa shape index (κ1) is 12.7. The van der Waals surface area contributed by atoms with Gasteiger partial charge in [0, 0.05) is 25.2 Å². The summed E-state index contributed by atoms with van der Waals surface area (Å²) in [5, 5.41) is 3.57. The summed E-state index contributed by atoms with van der Waals surface area (Å²) < 4.78 is 0. The van der Waals surface area contributed by atoms with Crippen LogP contribution in [-0.4, -0.2) is 29.1 Å². The molecule has 2 heterocycles. The largest absolute Gasteiger partial charge is 0.367 e. The van der Waals surface area contributed by atoms with Gasteiger partial charge in [-0.3, -0.25) is 0 Å². The molecule has 19 heavy (non-hydrogen) atoms. The molecule has 0 radical (unpaired) electrons. The fourth-order valence-corrected chi connectivity index (χ4v) is 3.27. The second kappa shape index (κ2) is 5.76. The van der Waals surface area contributed by atoms with Crippen molar-refractivity contribution in [1.82, 2.24) is 9.97 Å². The molecule has 1 N–H and O–H groups in total. The Hall–Kier alpha value is -1.32. The first-order valence-corrected chi connectivity index (χ1v) is 7.65. The maximum atomic E-state index is 4.43. The Morgan fingerprint density at radius 1 is 1.16 bits per heavy atom. The minimum atomic E-state index is 0.596. The Balaban J connectivity index is 1.65. The fraction of sp³-hybridized carbons (Fsp3) is 0.733. The van der Waals surface area contributed by atoms with E-state index in [2.05, 4.69) is 33.2 Å². The molecule has 1 aliphatic heterocycles. The first-order valence-electron chi connectivity index (χ1n) is 7.65. The van der Waals surface area contributed by atoms with Gasteiger partial charge in [-0.05, 0) is 44.4 Å². The second-order valence-electron chi connectivity index (χ2n) is 6.07. The van der Waals surface area contributed by atoms with Crippen LogP contribution in [-0.2, 0) is 0 Å². The van der Waals surface area contributed by atoms with Gasteiger partial charge in [0.2, 0.25) is 0 Å². The molecule has 4 heteroatoms. The van der Waals surface area contributed by atoms with Gasteiger partial charge >= 0.3 is 0 Å². The van der Waals surface area contributed by atoms with Crippen LogP contribution in [0.5, 0.6) is 0 Å². The predicted molar refractivity (Wildman–Crippen MR) is 78.5 cm³/mol. The first-order chi connectivity index (χ1) is 9.31. The van der Waals surface area contributed by atoms with Crippen molar-refractivity contribution in [3.8, 4) is 0 Å². The zero-order valence-electron chi connectivity index (χ0n) is 11.8. The molecule has 1 aromatic heterocycles. The van der Waals surface area contributed by atoms with Crippen molar-refractivity contribution in [1.29, 1.82) is 0 Å². The van der Waals surface area contributed by atoms with E-state index in [4.69, 9.17) is 0 Å². The molecule has 104 valence electrons. The van der Waals surface area contributed by atoms with Gasteiger partial charge in [0.05, 0.1) is 0 Å².